The van der Waals surface area contributed by atoms with Crippen LogP contribution >= 0.6 is 0 Å². The fraction of sp³-hybridized carbons (Fsp3) is 0.400. The van der Waals surface area contributed by atoms with Crippen LogP contribution < -0.4 is 0 Å². The third kappa shape index (κ3) is 2.16. The van der Waals surface area contributed by atoms with Gasteiger partial charge in [-0.25, -0.2) is 14.6 Å². The maximum atomic E-state index is 11.5. The maximum absolute atomic E-state index is 11.5. The maximum Gasteiger partial charge on any atom is 0.359 e. The van der Waals surface area contributed by atoms with Gasteiger partial charge >= 0.3 is 11.9 Å². The van der Waals surface area contributed by atoms with Crippen molar-refractivity contribution < 1.29 is 19.1 Å². The van der Waals surface area contributed by atoms with Crippen molar-refractivity contribution in [3.63, 3.8) is 0 Å². The third-order valence-corrected chi connectivity index (χ3v) is 2.13. The molecule has 0 spiro atoms. The van der Waals surface area contributed by atoms with Crippen LogP contribution in [0.25, 0.3) is 0 Å². The first kappa shape index (κ1) is 10.5. The molecule has 2 heterocycles. The molecular formula is C10H10N2O4. The Hall–Kier alpha value is -1.98. The lowest BCUT2D eigenvalue weighted by Gasteiger charge is -2.07. The first-order valence-corrected chi connectivity index (χ1v) is 4.83. The predicted molar refractivity (Wildman–Crippen MR) is 51.5 cm³/mol. The largest absolute Gasteiger partial charge is 0.463 e. The van der Waals surface area contributed by atoms with Crippen molar-refractivity contribution in [2.45, 2.75) is 19.4 Å². The highest BCUT2D eigenvalue weighted by Gasteiger charge is 2.30. The van der Waals surface area contributed by atoms with Crippen LogP contribution in [0.1, 0.15) is 22.6 Å². The van der Waals surface area contributed by atoms with E-state index in [1.807, 2.05) is 0 Å². The summed E-state index contributed by atoms with van der Waals surface area (Å²) in [5.41, 5.74) is 0.794. The number of carbonyl (C=O) groups is 2. The summed E-state index contributed by atoms with van der Waals surface area (Å²) in [5, 5.41) is 0. The molecule has 1 aromatic heterocycles. The highest BCUT2D eigenvalue weighted by molar-refractivity contribution is 5.89. The second kappa shape index (κ2) is 4.26. The molecule has 0 N–H and O–H groups in total. The molecule has 1 atom stereocenters. The zero-order valence-electron chi connectivity index (χ0n) is 8.67. The Morgan fingerprint density at radius 3 is 2.88 bits per heavy atom. The molecule has 0 radical (unpaired) electrons. The monoisotopic (exact) mass is 222 g/mol. The van der Waals surface area contributed by atoms with Gasteiger partial charge in [0.2, 0.25) is 6.10 Å². The standard InChI is InChI=1S/C10H10N2O4/c1-6-4-12-7(5-11-6)9(13)16-8-2-3-15-10(8)14/h4-5,8H,2-3H2,1H3/t8-/m0/s1. The number of rotatable bonds is 2. The number of ether oxygens (including phenoxy) is 2. The second-order valence-corrected chi connectivity index (χ2v) is 3.39. The topological polar surface area (TPSA) is 78.4 Å². The molecule has 1 aliphatic heterocycles. The Balaban J connectivity index is 2.02. The highest BCUT2D eigenvalue weighted by atomic mass is 16.6. The van der Waals surface area contributed by atoms with Gasteiger partial charge in [0.15, 0.2) is 5.69 Å². The Bertz CT molecular complexity index is 415. The highest BCUT2D eigenvalue weighted by Crippen LogP contribution is 2.12. The molecule has 0 amide bonds. The van der Waals surface area contributed by atoms with Crippen LogP contribution in [0.3, 0.4) is 0 Å². The van der Waals surface area contributed by atoms with Crippen LogP contribution in [-0.4, -0.2) is 34.6 Å². The molecule has 84 valence electrons. The van der Waals surface area contributed by atoms with Crippen molar-refractivity contribution in [1.82, 2.24) is 9.97 Å². The summed E-state index contributed by atoms with van der Waals surface area (Å²) < 4.78 is 9.60. The zero-order valence-corrected chi connectivity index (χ0v) is 8.67. The fourth-order valence-electron chi connectivity index (χ4n) is 1.27. The van der Waals surface area contributed by atoms with E-state index in [0.717, 1.165) is 0 Å². The molecule has 6 heteroatoms. The van der Waals surface area contributed by atoms with Crippen molar-refractivity contribution in [1.29, 1.82) is 0 Å². The number of aromatic nitrogens is 2. The van der Waals surface area contributed by atoms with Crippen molar-refractivity contribution >= 4 is 11.9 Å². The zero-order chi connectivity index (χ0) is 11.5. The molecule has 16 heavy (non-hydrogen) atoms. The quantitative estimate of drug-likeness (QED) is 0.668. The Morgan fingerprint density at radius 1 is 1.50 bits per heavy atom. The summed E-state index contributed by atoms with van der Waals surface area (Å²) in [7, 11) is 0. The number of nitrogens with zero attached hydrogens (tertiary/aromatic N) is 2. The van der Waals surface area contributed by atoms with Crippen LogP contribution in [0.2, 0.25) is 0 Å². The lowest BCUT2D eigenvalue weighted by Crippen LogP contribution is -2.23. The molecule has 0 unspecified atom stereocenters. The van der Waals surface area contributed by atoms with Crippen LogP contribution in [-0.2, 0) is 14.3 Å². The van der Waals surface area contributed by atoms with Gasteiger partial charge in [0.1, 0.15) is 0 Å². The Morgan fingerprint density at radius 2 is 2.31 bits per heavy atom. The molecule has 1 saturated heterocycles. The second-order valence-electron chi connectivity index (χ2n) is 3.39. The normalized spacial score (nSPS) is 19.3. The lowest BCUT2D eigenvalue weighted by molar-refractivity contribution is -0.145. The van der Waals surface area contributed by atoms with E-state index in [0.29, 0.717) is 12.1 Å². The minimum Gasteiger partial charge on any atom is -0.463 e. The average molecular weight is 222 g/mol. The lowest BCUT2D eigenvalue weighted by atomic mass is 10.3. The van der Waals surface area contributed by atoms with Gasteiger partial charge in [-0.1, -0.05) is 0 Å². The van der Waals surface area contributed by atoms with Gasteiger partial charge < -0.3 is 9.47 Å². The van der Waals surface area contributed by atoms with Gasteiger partial charge in [0, 0.05) is 12.6 Å². The molecule has 0 saturated carbocycles. The minimum absolute atomic E-state index is 0.0882. The summed E-state index contributed by atoms with van der Waals surface area (Å²) in [4.78, 5) is 30.4. The summed E-state index contributed by atoms with van der Waals surface area (Å²) in [6, 6.07) is 0. The van der Waals surface area contributed by atoms with E-state index < -0.39 is 18.0 Å². The number of carbonyl (C=O) groups excluding carboxylic acids is 2. The average Bonchev–Trinajstić information content (AvgIpc) is 2.65. The number of hydrogen-bond donors (Lipinski definition) is 0. The SMILES string of the molecule is Cc1cnc(C(=O)O[C@H]2CCOC2=O)cn1. The van der Waals surface area contributed by atoms with Gasteiger partial charge in [-0.15, -0.1) is 0 Å². The van der Waals surface area contributed by atoms with E-state index in [2.05, 4.69) is 14.7 Å². The Labute approximate surface area is 91.6 Å². The summed E-state index contributed by atoms with van der Waals surface area (Å²) in [6.07, 6.45) is 2.36. The van der Waals surface area contributed by atoms with E-state index in [9.17, 15) is 9.59 Å². The smallest absolute Gasteiger partial charge is 0.359 e. The van der Waals surface area contributed by atoms with Gasteiger partial charge in [0.25, 0.3) is 0 Å². The van der Waals surface area contributed by atoms with Gasteiger partial charge in [-0.2, -0.15) is 0 Å². The summed E-state index contributed by atoms with van der Waals surface area (Å²) >= 11 is 0. The first-order valence-electron chi connectivity index (χ1n) is 4.83. The molecule has 6 nitrogen and oxygen atoms in total. The van der Waals surface area contributed by atoms with Crippen LogP contribution in [0, 0.1) is 6.92 Å². The van der Waals surface area contributed by atoms with E-state index in [-0.39, 0.29) is 12.3 Å². The summed E-state index contributed by atoms with van der Waals surface area (Å²) in [5.74, 6) is -1.16. The predicted octanol–water partition coefficient (Wildman–Crippen LogP) is 0.257. The first-order chi connectivity index (χ1) is 7.66. The molecule has 0 aliphatic carbocycles. The Kier molecular flexibility index (Phi) is 2.80. The number of hydrogen-bond acceptors (Lipinski definition) is 6. The van der Waals surface area contributed by atoms with Crippen molar-refractivity contribution in [2.24, 2.45) is 0 Å². The molecule has 0 aromatic carbocycles. The number of cyclic esters (lactones) is 1. The molecule has 1 fully saturated rings. The van der Waals surface area contributed by atoms with E-state index in [4.69, 9.17) is 4.74 Å². The van der Waals surface area contributed by atoms with E-state index in [1.54, 1.807) is 6.92 Å². The van der Waals surface area contributed by atoms with Crippen molar-refractivity contribution in [3.8, 4) is 0 Å². The van der Waals surface area contributed by atoms with Gasteiger partial charge in [-0.3, -0.25) is 4.98 Å². The number of esters is 2. The molecule has 1 aromatic rings. The van der Waals surface area contributed by atoms with E-state index >= 15 is 0 Å². The molecular weight excluding hydrogens is 212 g/mol. The molecule has 2 rings (SSSR count). The minimum atomic E-state index is -0.810. The van der Waals surface area contributed by atoms with Crippen LogP contribution in [0.5, 0.6) is 0 Å². The van der Waals surface area contributed by atoms with Gasteiger partial charge in [-0.05, 0) is 6.92 Å². The van der Waals surface area contributed by atoms with Crippen LogP contribution in [0.15, 0.2) is 12.4 Å². The van der Waals surface area contributed by atoms with E-state index in [1.165, 1.54) is 12.4 Å². The third-order valence-electron chi connectivity index (χ3n) is 2.13. The van der Waals surface area contributed by atoms with Gasteiger partial charge in [0.05, 0.1) is 18.5 Å². The van der Waals surface area contributed by atoms with Crippen LogP contribution in [0.4, 0.5) is 0 Å². The summed E-state index contributed by atoms with van der Waals surface area (Å²) in [6.45, 7) is 2.05. The molecule has 1 aliphatic rings. The molecule has 0 bridgehead atoms. The number of aryl methyl sites for hydroxylation is 1. The van der Waals surface area contributed by atoms with Crippen molar-refractivity contribution in [2.75, 3.05) is 6.61 Å². The van der Waals surface area contributed by atoms with Crippen molar-refractivity contribution in [3.05, 3.63) is 23.8 Å². The fourth-order valence-corrected chi connectivity index (χ4v) is 1.27.